The highest BCUT2D eigenvalue weighted by Crippen LogP contribution is 2.29. The summed E-state index contributed by atoms with van der Waals surface area (Å²) >= 11 is 0. The van der Waals surface area contributed by atoms with E-state index in [1.807, 2.05) is 6.92 Å². The molecule has 0 saturated carbocycles. The molecule has 0 aromatic heterocycles. The average molecular weight is 380 g/mol. The first-order chi connectivity index (χ1) is 13.3. The normalized spacial score (nSPS) is 18.8. The van der Waals surface area contributed by atoms with Crippen molar-refractivity contribution in [1.82, 2.24) is 5.32 Å². The van der Waals surface area contributed by atoms with Crippen molar-refractivity contribution in [3.63, 3.8) is 0 Å². The number of hydrogen-bond acceptors (Lipinski definition) is 1. The molecule has 2 aromatic rings. The number of quaternary nitrogens is 1. The van der Waals surface area contributed by atoms with Crippen molar-refractivity contribution in [2.75, 3.05) is 7.05 Å². The van der Waals surface area contributed by atoms with Crippen LogP contribution in [0.3, 0.4) is 0 Å². The zero-order chi connectivity index (χ0) is 20.3. The monoisotopic (exact) mass is 379 g/mol. The zero-order valence-electron chi connectivity index (χ0n) is 18.0. The molecular formula is C25H35N2O+. The zero-order valence-corrected chi connectivity index (χ0v) is 18.0. The molecule has 0 aliphatic heterocycles. The molecule has 28 heavy (non-hydrogen) atoms. The first kappa shape index (κ1) is 20.6. The van der Waals surface area contributed by atoms with E-state index in [9.17, 15) is 4.79 Å². The summed E-state index contributed by atoms with van der Waals surface area (Å²) in [5.74, 6) is 0.144. The minimum atomic E-state index is -0.0867. The van der Waals surface area contributed by atoms with Gasteiger partial charge in [0.25, 0.3) is 5.91 Å². The van der Waals surface area contributed by atoms with E-state index >= 15 is 0 Å². The SMILES string of the molecule is C[C@@H](C(=O)N[C@@H]1CCCc2ccccc21)[NH+](C)Cc1ccc(C(C)(C)C)cc1. The molecule has 0 bridgehead atoms. The highest BCUT2D eigenvalue weighted by molar-refractivity contribution is 5.80. The third-order valence-electron chi connectivity index (χ3n) is 6.12. The van der Waals surface area contributed by atoms with Crippen LogP contribution in [0.25, 0.3) is 0 Å². The van der Waals surface area contributed by atoms with Gasteiger partial charge in [0.15, 0.2) is 6.04 Å². The fourth-order valence-electron chi connectivity index (χ4n) is 4.02. The number of fused-ring (bicyclic) bond motifs is 1. The first-order valence-electron chi connectivity index (χ1n) is 10.6. The van der Waals surface area contributed by atoms with Crippen molar-refractivity contribution >= 4 is 5.91 Å². The summed E-state index contributed by atoms with van der Waals surface area (Å²) in [4.78, 5) is 14.1. The van der Waals surface area contributed by atoms with Crippen LogP contribution in [0.5, 0.6) is 0 Å². The fourth-order valence-corrected chi connectivity index (χ4v) is 4.02. The summed E-state index contributed by atoms with van der Waals surface area (Å²) < 4.78 is 0. The Balaban J connectivity index is 1.60. The largest absolute Gasteiger partial charge is 0.344 e. The van der Waals surface area contributed by atoms with Gasteiger partial charge in [-0.15, -0.1) is 0 Å². The highest BCUT2D eigenvalue weighted by atomic mass is 16.2. The average Bonchev–Trinajstić information content (AvgIpc) is 2.67. The molecule has 2 aromatic carbocycles. The number of rotatable bonds is 5. The molecule has 2 N–H and O–H groups in total. The third-order valence-corrected chi connectivity index (χ3v) is 6.12. The van der Waals surface area contributed by atoms with Gasteiger partial charge in [-0.2, -0.15) is 0 Å². The summed E-state index contributed by atoms with van der Waals surface area (Å²) in [6, 6.07) is 17.4. The Bertz CT molecular complexity index is 804. The van der Waals surface area contributed by atoms with E-state index in [2.05, 4.69) is 81.7 Å². The van der Waals surface area contributed by atoms with Gasteiger partial charge in [-0.1, -0.05) is 69.3 Å². The molecule has 1 aliphatic carbocycles. The van der Waals surface area contributed by atoms with Crippen LogP contribution < -0.4 is 10.2 Å². The van der Waals surface area contributed by atoms with Gasteiger partial charge in [-0.05, 0) is 48.3 Å². The van der Waals surface area contributed by atoms with Gasteiger partial charge in [0.05, 0.1) is 13.1 Å². The molecule has 0 radical (unpaired) electrons. The highest BCUT2D eigenvalue weighted by Gasteiger charge is 2.27. The molecule has 1 aliphatic rings. The van der Waals surface area contributed by atoms with Gasteiger partial charge < -0.3 is 10.2 Å². The van der Waals surface area contributed by atoms with E-state index in [0.717, 1.165) is 25.8 Å². The van der Waals surface area contributed by atoms with Crippen LogP contribution in [0.4, 0.5) is 0 Å². The van der Waals surface area contributed by atoms with Crippen LogP contribution in [0.2, 0.25) is 0 Å². The van der Waals surface area contributed by atoms with Crippen molar-refractivity contribution in [2.45, 2.75) is 71.0 Å². The fraction of sp³-hybridized carbons (Fsp3) is 0.480. The minimum Gasteiger partial charge on any atom is -0.344 e. The molecular weight excluding hydrogens is 344 g/mol. The molecule has 0 saturated heterocycles. The summed E-state index contributed by atoms with van der Waals surface area (Å²) in [5.41, 5.74) is 5.46. The summed E-state index contributed by atoms with van der Waals surface area (Å²) in [6.07, 6.45) is 3.29. The molecule has 0 fully saturated rings. The molecule has 3 rings (SSSR count). The van der Waals surface area contributed by atoms with E-state index in [1.54, 1.807) is 0 Å². The maximum absolute atomic E-state index is 12.9. The van der Waals surface area contributed by atoms with Crippen LogP contribution in [0.15, 0.2) is 48.5 Å². The van der Waals surface area contributed by atoms with Gasteiger partial charge in [-0.25, -0.2) is 0 Å². The van der Waals surface area contributed by atoms with E-state index in [1.165, 1.54) is 27.2 Å². The second-order valence-corrected chi connectivity index (χ2v) is 9.34. The lowest BCUT2D eigenvalue weighted by Gasteiger charge is -2.29. The van der Waals surface area contributed by atoms with Crippen molar-refractivity contribution < 1.29 is 9.69 Å². The molecule has 3 nitrogen and oxygen atoms in total. The predicted molar refractivity (Wildman–Crippen MR) is 115 cm³/mol. The molecule has 3 heteroatoms. The summed E-state index contributed by atoms with van der Waals surface area (Å²) in [7, 11) is 2.11. The quantitative estimate of drug-likeness (QED) is 0.818. The second-order valence-electron chi connectivity index (χ2n) is 9.34. The molecule has 0 spiro atoms. The van der Waals surface area contributed by atoms with Crippen molar-refractivity contribution in [3.05, 3.63) is 70.8 Å². The number of carbonyl (C=O) groups excluding carboxylic acids is 1. The van der Waals surface area contributed by atoms with Crippen molar-refractivity contribution in [1.29, 1.82) is 0 Å². The maximum Gasteiger partial charge on any atom is 0.278 e. The Hall–Kier alpha value is -2.13. The lowest BCUT2D eigenvalue weighted by molar-refractivity contribution is -0.908. The van der Waals surface area contributed by atoms with Crippen LogP contribution in [-0.4, -0.2) is 19.0 Å². The Morgan fingerprint density at radius 1 is 1.14 bits per heavy atom. The lowest BCUT2D eigenvalue weighted by Crippen LogP contribution is -3.12. The number of amides is 1. The van der Waals surface area contributed by atoms with E-state index < -0.39 is 0 Å². The van der Waals surface area contributed by atoms with Crippen LogP contribution in [0.1, 0.15) is 68.8 Å². The lowest BCUT2D eigenvalue weighted by atomic mass is 9.86. The Kier molecular flexibility index (Phi) is 6.24. The van der Waals surface area contributed by atoms with Gasteiger partial charge >= 0.3 is 0 Å². The predicted octanol–water partition coefficient (Wildman–Crippen LogP) is 3.58. The van der Waals surface area contributed by atoms with Crippen LogP contribution in [0, 0.1) is 0 Å². The maximum atomic E-state index is 12.9. The number of aryl methyl sites for hydroxylation is 1. The number of hydrogen-bond donors (Lipinski definition) is 2. The smallest absolute Gasteiger partial charge is 0.278 e. The number of carbonyl (C=O) groups is 1. The Morgan fingerprint density at radius 3 is 2.50 bits per heavy atom. The van der Waals surface area contributed by atoms with E-state index in [4.69, 9.17) is 0 Å². The number of likely N-dealkylation sites (N-methyl/N-ethyl adjacent to an activating group) is 1. The molecule has 3 atom stereocenters. The van der Waals surface area contributed by atoms with Gasteiger partial charge in [0.2, 0.25) is 0 Å². The molecule has 1 unspecified atom stereocenters. The van der Waals surface area contributed by atoms with Gasteiger partial charge in [0, 0.05) is 5.56 Å². The van der Waals surface area contributed by atoms with Crippen LogP contribution in [-0.2, 0) is 23.2 Å². The van der Waals surface area contributed by atoms with Crippen molar-refractivity contribution in [2.24, 2.45) is 0 Å². The Labute approximate surface area is 170 Å². The topological polar surface area (TPSA) is 33.5 Å². The van der Waals surface area contributed by atoms with Crippen LogP contribution >= 0.6 is 0 Å². The van der Waals surface area contributed by atoms with E-state index in [-0.39, 0.29) is 23.4 Å². The summed E-state index contributed by atoms with van der Waals surface area (Å²) in [6.45, 7) is 9.57. The molecule has 0 heterocycles. The standard InChI is InChI=1S/C25H34N2O/c1-18(27(5)17-19-13-15-21(16-14-19)25(2,3)4)24(28)26-23-12-8-10-20-9-6-7-11-22(20)23/h6-7,9,11,13-16,18,23H,8,10,12,17H2,1-5H3,(H,26,28)/p+1/t18-,23+/m0/s1. The first-order valence-corrected chi connectivity index (χ1v) is 10.6. The number of benzene rings is 2. The van der Waals surface area contributed by atoms with Gasteiger partial charge in [0.1, 0.15) is 6.54 Å². The second kappa shape index (κ2) is 8.48. The minimum absolute atomic E-state index is 0.0867. The van der Waals surface area contributed by atoms with Crippen molar-refractivity contribution in [3.8, 4) is 0 Å². The van der Waals surface area contributed by atoms with E-state index in [0.29, 0.717) is 0 Å². The van der Waals surface area contributed by atoms with Gasteiger partial charge in [-0.3, -0.25) is 4.79 Å². The summed E-state index contributed by atoms with van der Waals surface area (Å²) in [5, 5.41) is 3.31. The molecule has 1 amide bonds. The third kappa shape index (κ3) is 4.82. The molecule has 150 valence electrons. The Morgan fingerprint density at radius 2 is 1.82 bits per heavy atom. The number of nitrogens with one attached hydrogen (secondary N) is 2.